The summed E-state index contributed by atoms with van der Waals surface area (Å²) in [6, 6.07) is 12.6. The Hall–Kier alpha value is -3.88. The van der Waals surface area contributed by atoms with E-state index in [1.54, 1.807) is 29.3 Å². The first-order valence-corrected chi connectivity index (χ1v) is 12.5. The summed E-state index contributed by atoms with van der Waals surface area (Å²) < 4.78 is 0. The van der Waals surface area contributed by atoms with Crippen molar-refractivity contribution in [3.63, 3.8) is 0 Å². The van der Waals surface area contributed by atoms with Crippen molar-refractivity contribution in [3.05, 3.63) is 85.5 Å². The molecule has 1 heterocycles. The Bertz CT molecular complexity index is 1230. The molecule has 0 N–H and O–H groups in total. The van der Waals surface area contributed by atoms with E-state index in [4.69, 9.17) is 5.10 Å². The number of nitro benzene ring substituents is 2. The van der Waals surface area contributed by atoms with Crippen LogP contribution in [-0.2, 0) is 4.79 Å². The van der Waals surface area contributed by atoms with Crippen LogP contribution in [0.4, 0.5) is 11.4 Å². The lowest BCUT2D eigenvalue weighted by Gasteiger charge is -2.32. The SMILES string of the molecule is O=C(C1CCCCC1)N1N=C2/C(=C/c3ccc([N+](=O)[O-])cc3)CCC[C@H]2[C@H]1c1ccc([N+](=O)[O-])cc1. The van der Waals surface area contributed by atoms with Gasteiger partial charge in [0, 0.05) is 36.1 Å². The van der Waals surface area contributed by atoms with Gasteiger partial charge in [-0.2, -0.15) is 5.10 Å². The number of rotatable bonds is 5. The number of fused-ring (bicyclic) bond motifs is 1. The minimum Gasteiger partial charge on any atom is -0.273 e. The minimum atomic E-state index is -0.420. The second-order valence-corrected chi connectivity index (χ2v) is 9.81. The van der Waals surface area contributed by atoms with Crippen molar-refractivity contribution in [2.24, 2.45) is 16.9 Å². The van der Waals surface area contributed by atoms with E-state index in [2.05, 4.69) is 0 Å². The fourth-order valence-electron chi connectivity index (χ4n) is 5.74. The number of allylic oxidation sites excluding steroid dienone is 1. The molecule has 186 valence electrons. The molecule has 0 aromatic heterocycles. The molecule has 0 saturated heterocycles. The molecule has 2 aromatic rings. The van der Waals surface area contributed by atoms with Gasteiger partial charge in [0.15, 0.2) is 0 Å². The van der Waals surface area contributed by atoms with Crippen LogP contribution in [-0.4, -0.2) is 26.5 Å². The first-order chi connectivity index (χ1) is 17.4. The maximum absolute atomic E-state index is 13.7. The highest BCUT2D eigenvalue weighted by Gasteiger charge is 2.45. The summed E-state index contributed by atoms with van der Waals surface area (Å²) in [6.07, 6.45) is 9.57. The topological polar surface area (TPSA) is 119 Å². The molecular formula is C27H28N4O5. The summed E-state index contributed by atoms with van der Waals surface area (Å²) >= 11 is 0. The quantitative estimate of drug-likeness (QED) is 0.366. The molecule has 2 aromatic carbocycles. The molecule has 36 heavy (non-hydrogen) atoms. The average molecular weight is 489 g/mol. The van der Waals surface area contributed by atoms with Crippen LogP contribution in [0.2, 0.25) is 0 Å². The molecule has 9 nitrogen and oxygen atoms in total. The van der Waals surface area contributed by atoms with Crippen molar-refractivity contribution in [2.75, 3.05) is 0 Å². The molecule has 9 heteroatoms. The van der Waals surface area contributed by atoms with E-state index in [1.165, 1.54) is 24.3 Å². The van der Waals surface area contributed by atoms with Crippen molar-refractivity contribution in [2.45, 2.75) is 57.4 Å². The summed E-state index contributed by atoms with van der Waals surface area (Å²) in [6.45, 7) is 0. The molecule has 3 aliphatic rings. The zero-order valence-electron chi connectivity index (χ0n) is 19.9. The van der Waals surface area contributed by atoms with E-state index in [0.29, 0.717) is 0 Å². The number of hydrogen-bond donors (Lipinski definition) is 0. The molecule has 0 unspecified atom stereocenters. The Morgan fingerprint density at radius 1 is 0.861 bits per heavy atom. The van der Waals surface area contributed by atoms with Crippen LogP contribution in [0.5, 0.6) is 0 Å². The smallest absolute Gasteiger partial charge is 0.269 e. The number of nitro groups is 2. The number of benzene rings is 2. The highest BCUT2D eigenvalue weighted by Crippen LogP contribution is 2.46. The van der Waals surface area contributed by atoms with Crippen LogP contribution in [0.25, 0.3) is 6.08 Å². The predicted octanol–water partition coefficient (Wildman–Crippen LogP) is 6.21. The number of hydrogen-bond acceptors (Lipinski definition) is 6. The van der Waals surface area contributed by atoms with Crippen LogP contribution >= 0.6 is 0 Å². The Balaban J connectivity index is 1.51. The normalized spacial score (nSPS) is 23.3. The molecule has 2 aliphatic carbocycles. The summed E-state index contributed by atoms with van der Waals surface area (Å²) in [5, 5.41) is 28.8. The number of hydrazone groups is 1. The first-order valence-electron chi connectivity index (χ1n) is 12.5. The van der Waals surface area contributed by atoms with Gasteiger partial charge in [-0.15, -0.1) is 0 Å². The van der Waals surface area contributed by atoms with Gasteiger partial charge in [-0.1, -0.05) is 31.4 Å². The van der Waals surface area contributed by atoms with Gasteiger partial charge in [0.05, 0.1) is 21.6 Å². The van der Waals surface area contributed by atoms with Crippen molar-refractivity contribution in [1.29, 1.82) is 0 Å². The van der Waals surface area contributed by atoms with Crippen molar-refractivity contribution in [3.8, 4) is 0 Å². The third kappa shape index (κ3) is 4.65. The zero-order chi connectivity index (χ0) is 25.2. The van der Waals surface area contributed by atoms with Crippen LogP contribution in [0.1, 0.15) is 68.5 Å². The molecular weight excluding hydrogens is 460 g/mol. The van der Waals surface area contributed by atoms with E-state index < -0.39 is 9.85 Å². The van der Waals surface area contributed by atoms with Crippen molar-refractivity contribution in [1.82, 2.24) is 5.01 Å². The molecule has 5 rings (SSSR count). The molecule has 0 radical (unpaired) electrons. The molecule has 2 fully saturated rings. The van der Waals surface area contributed by atoms with Gasteiger partial charge in [-0.05, 0) is 67.0 Å². The number of non-ortho nitro benzene ring substituents is 2. The molecule has 0 bridgehead atoms. The summed E-state index contributed by atoms with van der Waals surface area (Å²) in [4.78, 5) is 35.1. The second kappa shape index (κ2) is 10.0. The van der Waals surface area contributed by atoms with Gasteiger partial charge < -0.3 is 0 Å². The lowest BCUT2D eigenvalue weighted by atomic mass is 9.77. The van der Waals surface area contributed by atoms with Gasteiger partial charge in [0.2, 0.25) is 5.91 Å². The van der Waals surface area contributed by atoms with Gasteiger partial charge >= 0.3 is 0 Å². The number of amides is 1. The zero-order valence-corrected chi connectivity index (χ0v) is 19.9. The maximum atomic E-state index is 13.7. The van der Waals surface area contributed by atoms with Gasteiger partial charge in [-0.25, -0.2) is 5.01 Å². The van der Waals surface area contributed by atoms with E-state index in [9.17, 15) is 25.0 Å². The Kier molecular flexibility index (Phi) is 6.63. The second-order valence-electron chi connectivity index (χ2n) is 9.81. The summed E-state index contributed by atoms with van der Waals surface area (Å²) in [5.41, 5.74) is 3.68. The molecule has 0 spiro atoms. The number of carbonyl (C=O) groups excluding carboxylic acids is 1. The van der Waals surface area contributed by atoms with Crippen molar-refractivity contribution >= 4 is 29.1 Å². The molecule has 2 saturated carbocycles. The fourth-order valence-corrected chi connectivity index (χ4v) is 5.74. The standard InChI is InChI=1S/C27H28N4O5/c32-27(20-5-2-1-3-6-20)29-26(19-11-15-23(16-12-19)31(35)36)24-8-4-7-21(25(24)28-29)17-18-9-13-22(14-10-18)30(33)34/h9-17,20,24,26H,1-8H2/b21-17+/t24-,26-/m1/s1. The van der Waals surface area contributed by atoms with Crippen molar-refractivity contribution < 1.29 is 14.6 Å². The van der Waals surface area contributed by atoms with Crippen LogP contribution in [0, 0.1) is 32.1 Å². The monoisotopic (exact) mass is 488 g/mol. The largest absolute Gasteiger partial charge is 0.273 e. The van der Waals surface area contributed by atoms with E-state index in [-0.39, 0.29) is 35.2 Å². The number of carbonyl (C=O) groups is 1. The molecule has 2 atom stereocenters. The van der Waals surface area contributed by atoms with Gasteiger partial charge in [0.25, 0.3) is 11.4 Å². The Labute approximate surface area is 208 Å². The van der Waals surface area contributed by atoms with Gasteiger partial charge in [0.1, 0.15) is 0 Å². The predicted molar refractivity (Wildman–Crippen MR) is 135 cm³/mol. The van der Waals surface area contributed by atoms with E-state index >= 15 is 0 Å². The fraction of sp³-hybridized carbons (Fsp3) is 0.407. The first kappa shape index (κ1) is 23.8. The molecule has 1 aliphatic heterocycles. The van der Waals surface area contributed by atoms with Crippen LogP contribution in [0.15, 0.2) is 59.2 Å². The Morgan fingerprint density at radius 3 is 2.08 bits per heavy atom. The lowest BCUT2D eigenvalue weighted by Crippen LogP contribution is -2.36. The average Bonchev–Trinajstić information content (AvgIpc) is 3.30. The lowest BCUT2D eigenvalue weighted by molar-refractivity contribution is -0.385. The highest BCUT2D eigenvalue weighted by atomic mass is 16.6. The van der Waals surface area contributed by atoms with Crippen LogP contribution in [0.3, 0.4) is 0 Å². The summed E-state index contributed by atoms with van der Waals surface area (Å²) in [5.74, 6) is -0.0161. The van der Waals surface area contributed by atoms with Gasteiger partial charge in [-0.3, -0.25) is 25.0 Å². The van der Waals surface area contributed by atoms with Crippen LogP contribution < -0.4 is 0 Å². The third-order valence-electron chi connectivity index (χ3n) is 7.57. The van der Waals surface area contributed by atoms with E-state index in [1.807, 2.05) is 6.08 Å². The third-order valence-corrected chi connectivity index (χ3v) is 7.57. The minimum absolute atomic E-state index is 0.00274. The maximum Gasteiger partial charge on any atom is 0.269 e. The number of nitrogens with zero attached hydrogens (tertiary/aromatic N) is 4. The highest BCUT2D eigenvalue weighted by molar-refractivity contribution is 6.08. The Morgan fingerprint density at radius 2 is 1.47 bits per heavy atom. The van der Waals surface area contributed by atoms with E-state index in [0.717, 1.165) is 73.8 Å². The molecule has 1 amide bonds. The summed E-state index contributed by atoms with van der Waals surface area (Å²) in [7, 11) is 0.